The lowest BCUT2D eigenvalue weighted by atomic mass is 9.52. The average Bonchev–Trinajstić information content (AvgIpc) is 2.76. The lowest BCUT2D eigenvalue weighted by Crippen LogP contribution is -2.44. The van der Waals surface area contributed by atoms with E-state index in [0.717, 1.165) is 35.4 Å². The summed E-state index contributed by atoms with van der Waals surface area (Å²) in [5, 5.41) is 4.24. The monoisotopic (exact) mass is 247 g/mol. The second-order valence-corrected chi connectivity index (χ2v) is 6.54. The molecular weight excluding hydrogens is 226 g/mol. The molecule has 0 amide bonds. The molecule has 4 bridgehead atoms. The Morgan fingerprint density at radius 2 is 1.72 bits per heavy atom. The zero-order valence-electron chi connectivity index (χ0n) is 10.7. The van der Waals surface area contributed by atoms with Crippen LogP contribution >= 0.6 is 0 Å². The van der Waals surface area contributed by atoms with Crippen LogP contribution in [0.15, 0.2) is 4.52 Å². The Balaban J connectivity index is 1.60. The fraction of sp³-hybridized carbons (Fsp3) is 0.857. The molecule has 0 radical (unpaired) electrons. The van der Waals surface area contributed by atoms with Crippen LogP contribution < -0.4 is 5.73 Å². The summed E-state index contributed by atoms with van der Waals surface area (Å²) in [5.41, 5.74) is 5.54. The standard InChI is InChI=1S/C14H21N3O/c15-2-1-12-16-14(17-18-12)13-10-4-8-3-9(6-10)7-11(13)5-8/h8-11,13H,1-7,15H2. The third-order valence-electron chi connectivity index (χ3n) is 5.37. The SMILES string of the molecule is NCCc1nc(C2C3CC4CC(C3)CC2C4)no1. The zero-order valence-corrected chi connectivity index (χ0v) is 10.7. The van der Waals surface area contributed by atoms with Crippen molar-refractivity contribution in [3.63, 3.8) is 0 Å². The molecule has 2 N–H and O–H groups in total. The minimum atomic E-state index is 0.577. The van der Waals surface area contributed by atoms with Gasteiger partial charge >= 0.3 is 0 Å². The summed E-state index contributed by atoms with van der Waals surface area (Å²) < 4.78 is 5.32. The number of nitrogens with two attached hydrogens (primary N) is 1. The van der Waals surface area contributed by atoms with Gasteiger partial charge in [0.25, 0.3) is 0 Å². The van der Waals surface area contributed by atoms with Gasteiger partial charge in [-0.15, -0.1) is 0 Å². The lowest BCUT2D eigenvalue weighted by molar-refractivity contribution is -0.00629. The van der Waals surface area contributed by atoms with Gasteiger partial charge in [0.05, 0.1) is 0 Å². The minimum Gasteiger partial charge on any atom is -0.339 e. The van der Waals surface area contributed by atoms with Crippen molar-refractivity contribution in [3.05, 3.63) is 11.7 Å². The molecule has 1 aromatic heterocycles. The first-order valence-electron chi connectivity index (χ1n) is 7.36. The van der Waals surface area contributed by atoms with Crippen LogP contribution in [0.25, 0.3) is 0 Å². The molecular formula is C14H21N3O. The van der Waals surface area contributed by atoms with Crippen molar-refractivity contribution in [3.8, 4) is 0 Å². The fourth-order valence-electron chi connectivity index (χ4n) is 4.98. The van der Waals surface area contributed by atoms with Gasteiger partial charge in [-0.2, -0.15) is 4.98 Å². The molecule has 4 saturated carbocycles. The van der Waals surface area contributed by atoms with Crippen molar-refractivity contribution >= 4 is 0 Å². The molecule has 5 rings (SSSR count). The molecule has 98 valence electrons. The van der Waals surface area contributed by atoms with E-state index >= 15 is 0 Å². The second kappa shape index (κ2) is 4.05. The molecule has 0 spiro atoms. The summed E-state index contributed by atoms with van der Waals surface area (Å²) in [6.45, 7) is 0.587. The first-order valence-corrected chi connectivity index (χ1v) is 7.36. The zero-order chi connectivity index (χ0) is 12.1. The summed E-state index contributed by atoms with van der Waals surface area (Å²) >= 11 is 0. The molecule has 0 aromatic carbocycles. The Kier molecular flexibility index (Phi) is 2.47. The van der Waals surface area contributed by atoms with Gasteiger partial charge in [0.2, 0.25) is 5.89 Å². The first kappa shape index (κ1) is 11.0. The maximum atomic E-state index is 5.54. The predicted octanol–water partition coefficient (Wildman–Crippen LogP) is 2.11. The number of hydrogen-bond acceptors (Lipinski definition) is 4. The molecule has 0 saturated heterocycles. The van der Waals surface area contributed by atoms with E-state index in [4.69, 9.17) is 10.3 Å². The lowest BCUT2D eigenvalue weighted by Gasteiger charge is -2.53. The highest BCUT2D eigenvalue weighted by atomic mass is 16.5. The molecule has 0 atom stereocenters. The summed E-state index contributed by atoms with van der Waals surface area (Å²) in [4.78, 5) is 4.59. The van der Waals surface area contributed by atoms with Crippen LogP contribution in [0.5, 0.6) is 0 Å². The normalized spacial score (nSPS) is 41.5. The van der Waals surface area contributed by atoms with E-state index in [1.165, 1.54) is 32.1 Å². The smallest absolute Gasteiger partial charge is 0.227 e. The maximum Gasteiger partial charge on any atom is 0.227 e. The van der Waals surface area contributed by atoms with Crippen molar-refractivity contribution in [1.82, 2.24) is 10.1 Å². The minimum absolute atomic E-state index is 0.577. The van der Waals surface area contributed by atoms with Crippen LogP contribution in [-0.4, -0.2) is 16.7 Å². The van der Waals surface area contributed by atoms with Crippen LogP contribution in [0, 0.1) is 23.7 Å². The maximum absolute atomic E-state index is 5.54. The molecule has 4 nitrogen and oxygen atoms in total. The molecule has 0 aliphatic heterocycles. The number of nitrogens with zero attached hydrogens (tertiary/aromatic N) is 2. The quantitative estimate of drug-likeness (QED) is 0.888. The van der Waals surface area contributed by atoms with Crippen LogP contribution in [0.2, 0.25) is 0 Å². The van der Waals surface area contributed by atoms with Gasteiger partial charge in [0, 0.05) is 18.9 Å². The summed E-state index contributed by atoms with van der Waals surface area (Å²) in [7, 11) is 0. The van der Waals surface area contributed by atoms with E-state index in [1.54, 1.807) is 0 Å². The Morgan fingerprint density at radius 3 is 2.33 bits per heavy atom. The largest absolute Gasteiger partial charge is 0.339 e. The first-order chi connectivity index (χ1) is 8.83. The van der Waals surface area contributed by atoms with Crippen LogP contribution in [0.3, 0.4) is 0 Å². The Morgan fingerprint density at radius 1 is 1.06 bits per heavy atom. The van der Waals surface area contributed by atoms with Crippen molar-refractivity contribution in [2.24, 2.45) is 29.4 Å². The highest BCUT2D eigenvalue weighted by Gasteiger charge is 2.50. The highest BCUT2D eigenvalue weighted by Crippen LogP contribution is 2.59. The third kappa shape index (κ3) is 1.62. The van der Waals surface area contributed by atoms with E-state index in [1.807, 2.05) is 0 Å². The summed E-state index contributed by atoms with van der Waals surface area (Å²) in [6.07, 6.45) is 7.80. The van der Waals surface area contributed by atoms with E-state index in [0.29, 0.717) is 18.9 Å². The number of aromatic nitrogens is 2. The molecule has 4 heteroatoms. The Hall–Kier alpha value is -0.900. The molecule has 4 fully saturated rings. The van der Waals surface area contributed by atoms with Gasteiger partial charge in [-0.25, -0.2) is 0 Å². The van der Waals surface area contributed by atoms with Gasteiger partial charge < -0.3 is 10.3 Å². The van der Waals surface area contributed by atoms with E-state index < -0.39 is 0 Å². The van der Waals surface area contributed by atoms with E-state index in [-0.39, 0.29) is 0 Å². The molecule has 18 heavy (non-hydrogen) atoms. The van der Waals surface area contributed by atoms with Crippen LogP contribution in [0.1, 0.15) is 49.7 Å². The number of rotatable bonds is 3. The predicted molar refractivity (Wildman–Crippen MR) is 66.8 cm³/mol. The van der Waals surface area contributed by atoms with Crippen LogP contribution in [-0.2, 0) is 6.42 Å². The summed E-state index contributed by atoms with van der Waals surface area (Å²) in [5.74, 6) is 5.93. The van der Waals surface area contributed by atoms with Crippen molar-refractivity contribution < 1.29 is 4.52 Å². The van der Waals surface area contributed by atoms with Gasteiger partial charge in [0.1, 0.15) is 0 Å². The summed E-state index contributed by atoms with van der Waals surface area (Å²) in [6, 6.07) is 0. The third-order valence-corrected chi connectivity index (χ3v) is 5.37. The topological polar surface area (TPSA) is 64.9 Å². The second-order valence-electron chi connectivity index (χ2n) is 6.54. The van der Waals surface area contributed by atoms with Crippen molar-refractivity contribution in [2.75, 3.05) is 6.54 Å². The Bertz CT molecular complexity index is 414. The molecule has 1 aromatic rings. The van der Waals surface area contributed by atoms with E-state index in [9.17, 15) is 0 Å². The highest BCUT2D eigenvalue weighted by molar-refractivity contribution is 5.10. The fourth-order valence-corrected chi connectivity index (χ4v) is 4.98. The number of hydrogen-bond donors (Lipinski definition) is 1. The Labute approximate surface area is 107 Å². The van der Waals surface area contributed by atoms with Crippen molar-refractivity contribution in [1.29, 1.82) is 0 Å². The van der Waals surface area contributed by atoms with Crippen LogP contribution in [0.4, 0.5) is 0 Å². The van der Waals surface area contributed by atoms with Gasteiger partial charge in [-0.3, -0.25) is 0 Å². The molecule has 0 unspecified atom stereocenters. The molecule has 4 aliphatic carbocycles. The van der Waals surface area contributed by atoms with E-state index in [2.05, 4.69) is 10.1 Å². The van der Waals surface area contributed by atoms with Crippen molar-refractivity contribution in [2.45, 2.75) is 44.4 Å². The molecule has 1 heterocycles. The average molecular weight is 247 g/mol. The van der Waals surface area contributed by atoms with Gasteiger partial charge in [-0.1, -0.05) is 5.16 Å². The van der Waals surface area contributed by atoms with Gasteiger partial charge in [-0.05, 0) is 55.8 Å². The molecule has 4 aliphatic rings. The van der Waals surface area contributed by atoms with Gasteiger partial charge in [0.15, 0.2) is 5.82 Å².